The van der Waals surface area contributed by atoms with Gasteiger partial charge < -0.3 is 10.1 Å². The van der Waals surface area contributed by atoms with Gasteiger partial charge in [-0.2, -0.15) is 0 Å². The molecule has 0 aliphatic heterocycles. The van der Waals surface area contributed by atoms with Gasteiger partial charge in [-0.15, -0.1) is 11.3 Å². The Morgan fingerprint density at radius 1 is 1.07 bits per heavy atom. The van der Waals surface area contributed by atoms with Gasteiger partial charge in [0.2, 0.25) is 0 Å². The number of nitro benzene ring substituents is 1. The first kappa shape index (κ1) is 21.2. The summed E-state index contributed by atoms with van der Waals surface area (Å²) in [6, 6.07) is 13.0. The maximum Gasteiger partial charge on any atom is 0.341 e. The molecular weight excluding hydrogens is 404 g/mol. The number of hydrogen-bond acceptors (Lipinski definition) is 6. The van der Waals surface area contributed by atoms with Gasteiger partial charge in [0.1, 0.15) is 10.6 Å². The predicted octanol–water partition coefficient (Wildman–Crippen LogP) is 5.37. The Balaban J connectivity index is 2.00. The maximum atomic E-state index is 12.7. The number of non-ortho nitro benzene ring substituents is 1. The van der Waals surface area contributed by atoms with Crippen molar-refractivity contribution in [2.75, 3.05) is 11.9 Å². The maximum absolute atomic E-state index is 12.7. The Bertz CT molecular complexity index is 1100. The Hall–Kier alpha value is -3.52. The molecule has 154 valence electrons. The summed E-state index contributed by atoms with van der Waals surface area (Å²) in [5.41, 5.74) is 3.12. The second-order valence-electron chi connectivity index (χ2n) is 6.58. The van der Waals surface area contributed by atoms with Crippen LogP contribution >= 0.6 is 11.3 Å². The van der Waals surface area contributed by atoms with Crippen LogP contribution < -0.4 is 5.32 Å². The molecule has 0 atom stereocenters. The van der Waals surface area contributed by atoms with Crippen LogP contribution in [0.1, 0.15) is 38.1 Å². The van der Waals surface area contributed by atoms with Gasteiger partial charge >= 0.3 is 5.97 Å². The number of carbonyl (C=O) groups excluding carboxylic acids is 2. The van der Waals surface area contributed by atoms with Gasteiger partial charge in [-0.1, -0.05) is 29.8 Å². The molecular formula is C22H20N2O5S. The Labute approximate surface area is 177 Å². The van der Waals surface area contributed by atoms with Crippen LogP contribution in [0.2, 0.25) is 0 Å². The fourth-order valence-corrected chi connectivity index (χ4v) is 4.07. The van der Waals surface area contributed by atoms with E-state index in [9.17, 15) is 19.7 Å². The van der Waals surface area contributed by atoms with Gasteiger partial charge in [0.25, 0.3) is 11.6 Å². The van der Waals surface area contributed by atoms with Crippen LogP contribution in [0.15, 0.2) is 48.5 Å². The zero-order valence-electron chi connectivity index (χ0n) is 16.7. The van der Waals surface area contributed by atoms with Gasteiger partial charge in [-0.3, -0.25) is 14.9 Å². The van der Waals surface area contributed by atoms with E-state index in [-0.39, 0.29) is 17.9 Å². The summed E-state index contributed by atoms with van der Waals surface area (Å²) in [5, 5.41) is 14.0. The van der Waals surface area contributed by atoms with Crippen molar-refractivity contribution < 1.29 is 19.2 Å². The van der Waals surface area contributed by atoms with E-state index in [0.717, 1.165) is 21.6 Å². The molecule has 3 aromatic rings. The van der Waals surface area contributed by atoms with Crippen molar-refractivity contribution in [1.82, 2.24) is 0 Å². The van der Waals surface area contributed by atoms with Gasteiger partial charge in [0.05, 0.1) is 11.5 Å². The molecule has 30 heavy (non-hydrogen) atoms. The van der Waals surface area contributed by atoms with E-state index in [0.29, 0.717) is 10.6 Å². The number of hydrogen-bond donors (Lipinski definition) is 1. The molecule has 0 saturated carbocycles. The van der Waals surface area contributed by atoms with Gasteiger partial charge in [-0.05, 0) is 38.5 Å². The van der Waals surface area contributed by atoms with Crippen LogP contribution in [0.5, 0.6) is 0 Å². The minimum atomic E-state index is -0.531. The number of carbonyl (C=O) groups is 2. The summed E-state index contributed by atoms with van der Waals surface area (Å²) >= 11 is 1.28. The second kappa shape index (κ2) is 8.87. The number of anilines is 1. The molecule has 1 aromatic heterocycles. The van der Waals surface area contributed by atoms with Crippen molar-refractivity contribution >= 4 is 33.9 Å². The normalized spacial score (nSPS) is 10.5. The third-order valence-corrected chi connectivity index (χ3v) is 5.49. The first-order chi connectivity index (χ1) is 14.3. The van der Waals surface area contributed by atoms with Gasteiger partial charge in [0, 0.05) is 28.1 Å². The molecule has 2 aromatic carbocycles. The number of benzene rings is 2. The molecule has 0 unspecified atom stereocenters. The van der Waals surface area contributed by atoms with Crippen LogP contribution in [0.3, 0.4) is 0 Å². The fraction of sp³-hybridized carbons (Fsp3) is 0.182. The molecule has 0 aliphatic carbocycles. The number of amides is 1. The lowest BCUT2D eigenvalue weighted by atomic mass is 10.0. The van der Waals surface area contributed by atoms with Crippen LogP contribution in [0, 0.1) is 24.0 Å². The fourth-order valence-electron chi connectivity index (χ4n) is 3.01. The zero-order chi connectivity index (χ0) is 21.8. The van der Waals surface area contributed by atoms with E-state index < -0.39 is 16.8 Å². The highest BCUT2D eigenvalue weighted by molar-refractivity contribution is 7.17. The number of ether oxygens (including phenoxy) is 1. The topological polar surface area (TPSA) is 98.5 Å². The molecule has 7 nitrogen and oxygen atoms in total. The van der Waals surface area contributed by atoms with E-state index in [1.165, 1.54) is 35.6 Å². The highest BCUT2D eigenvalue weighted by Crippen LogP contribution is 2.40. The summed E-state index contributed by atoms with van der Waals surface area (Å²) in [6.07, 6.45) is 0. The van der Waals surface area contributed by atoms with E-state index in [4.69, 9.17) is 4.74 Å². The first-order valence-corrected chi connectivity index (χ1v) is 10.1. The molecule has 1 N–H and O–H groups in total. The van der Waals surface area contributed by atoms with Crippen LogP contribution in [-0.2, 0) is 4.74 Å². The van der Waals surface area contributed by atoms with Crippen molar-refractivity contribution in [3.63, 3.8) is 0 Å². The minimum absolute atomic E-state index is 0.104. The summed E-state index contributed by atoms with van der Waals surface area (Å²) in [4.78, 5) is 36.6. The lowest BCUT2D eigenvalue weighted by Crippen LogP contribution is -2.14. The molecule has 0 fully saturated rings. The number of nitrogens with zero attached hydrogens (tertiary/aromatic N) is 1. The molecule has 1 amide bonds. The quantitative estimate of drug-likeness (QED) is 0.326. The number of esters is 1. The Kier molecular flexibility index (Phi) is 6.27. The largest absolute Gasteiger partial charge is 0.462 e. The molecule has 0 saturated heterocycles. The van der Waals surface area contributed by atoms with Crippen molar-refractivity contribution in [3.05, 3.63) is 80.2 Å². The molecule has 0 radical (unpaired) electrons. The number of thiophene rings is 1. The molecule has 8 heteroatoms. The summed E-state index contributed by atoms with van der Waals surface area (Å²) in [7, 11) is 0. The minimum Gasteiger partial charge on any atom is -0.462 e. The molecule has 1 heterocycles. The van der Waals surface area contributed by atoms with Gasteiger partial charge in [-0.25, -0.2) is 4.79 Å². The summed E-state index contributed by atoms with van der Waals surface area (Å²) < 4.78 is 5.24. The standard InChI is InChI=1S/C22H20N2O5S/c1-4-29-22(26)19-18(15-7-5-13(2)6-8-15)14(3)30-21(19)23-20(25)16-9-11-17(12-10-16)24(27)28/h5-12H,4H2,1-3H3,(H,23,25). The molecule has 0 aliphatic rings. The predicted molar refractivity (Wildman–Crippen MR) is 116 cm³/mol. The third-order valence-electron chi connectivity index (χ3n) is 4.47. The Morgan fingerprint density at radius 2 is 1.70 bits per heavy atom. The van der Waals surface area contributed by atoms with E-state index in [1.54, 1.807) is 6.92 Å². The highest BCUT2D eigenvalue weighted by atomic mass is 32.1. The second-order valence-corrected chi connectivity index (χ2v) is 7.81. The summed E-state index contributed by atoms with van der Waals surface area (Å²) in [5.74, 6) is -0.983. The number of aryl methyl sites for hydroxylation is 2. The van der Waals surface area contributed by atoms with E-state index in [2.05, 4.69) is 5.32 Å². The average Bonchev–Trinajstić information content (AvgIpc) is 3.04. The SMILES string of the molecule is CCOC(=O)c1c(NC(=O)c2ccc([N+](=O)[O-])cc2)sc(C)c1-c1ccc(C)cc1. The number of nitrogens with one attached hydrogen (secondary N) is 1. The Morgan fingerprint density at radius 3 is 2.27 bits per heavy atom. The molecule has 0 bridgehead atoms. The van der Waals surface area contributed by atoms with Gasteiger partial charge in [0.15, 0.2) is 0 Å². The van der Waals surface area contributed by atoms with Crippen molar-refractivity contribution in [2.24, 2.45) is 0 Å². The summed E-state index contributed by atoms with van der Waals surface area (Å²) in [6.45, 7) is 5.78. The number of nitro groups is 1. The third kappa shape index (κ3) is 4.38. The van der Waals surface area contributed by atoms with Crippen molar-refractivity contribution in [3.8, 4) is 11.1 Å². The van der Waals surface area contributed by atoms with Crippen molar-refractivity contribution in [1.29, 1.82) is 0 Å². The van der Waals surface area contributed by atoms with Crippen LogP contribution in [-0.4, -0.2) is 23.4 Å². The first-order valence-electron chi connectivity index (χ1n) is 9.25. The average molecular weight is 424 g/mol. The van der Waals surface area contributed by atoms with E-state index >= 15 is 0 Å². The van der Waals surface area contributed by atoms with Crippen LogP contribution in [0.25, 0.3) is 11.1 Å². The highest BCUT2D eigenvalue weighted by Gasteiger charge is 2.25. The van der Waals surface area contributed by atoms with E-state index in [1.807, 2.05) is 38.1 Å². The van der Waals surface area contributed by atoms with Crippen LogP contribution in [0.4, 0.5) is 10.7 Å². The lowest BCUT2D eigenvalue weighted by Gasteiger charge is -2.09. The zero-order valence-corrected chi connectivity index (χ0v) is 17.5. The lowest BCUT2D eigenvalue weighted by molar-refractivity contribution is -0.384. The smallest absolute Gasteiger partial charge is 0.341 e. The molecule has 3 rings (SSSR count). The number of rotatable bonds is 6. The van der Waals surface area contributed by atoms with Crippen molar-refractivity contribution in [2.45, 2.75) is 20.8 Å². The monoisotopic (exact) mass is 424 g/mol. The molecule has 0 spiro atoms.